The number of piperidine rings is 1. The van der Waals surface area contributed by atoms with Gasteiger partial charge in [0.1, 0.15) is 23.4 Å². The topological polar surface area (TPSA) is 118 Å². The Morgan fingerprint density at radius 1 is 1.20 bits per heavy atom. The number of benzene rings is 1. The highest BCUT2D eigenvalue weighted by Gasteiger charge is 2.62. The Morgan fingerprint density at radius 2 is 2.02 bits per heavy atom. The molecule has 5 fully saturated rings. The van der Waals surface area contributed by atoms with Gasteiger partial charge in [-0.2, -0.15) is 0 Å². The number of amides is 4. The van der Waals surface area contributed by atoms with Crippen molar-refractivity contribution in [2.75, 3.05) is 0 Å². The quantitative estimate of drug-likeness (QED) is 0.427. The molecule has 1 saturated heterocycles. The molecule has 9 nitrogen and oxygen atoms in total. The lowest BCUT2D eigenvalue weighted by molar-refractivity contribution is -0.137. The molecule has 10 heteroatoms. The molecular formula is C30H34N4O5S. The summed E-state index contributed by atoms with van der Waals surface area (Å²) in [6, 6.07) is 4.65. The van der Waals surface area contributed by atoms with Gasteiger partial charge in [-0.05, 0) is 80.2 Å². The van der Waals surface area contributed by atoms with Gasteiger partial charge in [0, 0.05) is 29.3 Å². The number of ether oxygens (including phenoxy) is 1. The van der Waals surface area contributed by atoms with Crippen LogP contribution in [0.25, 0.3) is 0 Å². The number of imide groups is 1. The second-order valence-electron chi connectivity index (χ2n) is 12.3. The summed E-state index contributed by atoms with van der Waals surface area (Å²) >= 11 is 1.49. The Morgan fingerprint density at radius 3 is 2.77 bits per heavy atom. The molecule has 2 aliphatic heterocycles. The first-order valence-electron chi connectivity index (χ1n) is 14.5. The van der Waals surface area contributed by atoms with Crippen LogP contribution >= 0.6 is 11.3 Å². The van der Waals surface area contributed by atoms with Gasteiger partial charge in [0.15, 0.2) is 0 Å². The number of aromatic nitrogens is 1. The first kappa shape index (κ1) is 25.7. The highest BCUT2D eigenvalue weighted by molar-refractivity contribution is 7.09. The number of thiazole rings is 1. The number of nitrogens with one attached hydrogen (secondary N) is 2. The molecular weight excluding hydrogens is 528 g/mol. The Bertz CT molecular complexity index is 1370. The lowest BCUT2D eigenvalue weighted by atomic mass is 9.77. The van der Waals surface area contributed by atoms with Crippen molar-refractivity contribution in [3.63, 3.8) is 0 Å². The average molecular weight is 563 g/mol. The van der Waals surface area contributed by atoms with Gasteiger partial charge in [0.2, 0.25) is 17.7 Å². The predicted octanol–water partition coefficient (Wildman–Crippen LogP) is 3.71. The van der Waals surface area contributed by atoms with Crippen LogP contribution in [0.4, 0.5) is 0 Å². The van der Waals surface area contributed by atoms with E-state index in [1.807, 2.05) is 11.4 Å². The van der Waals surface area contributed by atoms with Crippen molar-refractivity contribution in [3.05, 3.63) is 45.4 Å². The van der Waals surface area contributed by atoms with E-state index in [1.165, 1.54) is 48.3 Å². The lowest BCUT2D eigenvalue weighted by Gasteiger charge is -2.29. The normalized spacial score (nSPS) is 29.8. The summed E-state index contributed by atoms with van der Waals surface area (Å²) in [5.41, 5.74) is 2.58. The molecule has 210 valence electrons. The van der Waals surface area contributed by atoms with Crippen molar-refractivity contribution in [1.82, 2.24) is 20.5 Å². The van der Waals surface area contributed by atoms with Crippen molar-refractivity contribution in [3.8, 4) is 5.75 Å². The molecule has 8 rings (SSSR count). The molecule has 2 aromatic rings. The van der Waals surface area contributed by atoms with Gasteiger partial charge in [0.25, 0.3) is 5.91 Å². The van der Waals surface area contributed by atoms with Crippen LogP contribution in [0.15, 0.2) is 23.6 Å². The van der Waals surface area contributed by atoms with E-state index in [0.29, 0.717) is 36.1 Å². The van der Waals surface area contributed by atoms with Crippen LogP contribution in [-0.2, 0) is 34.1 Å². The zero-order chi connectivity index (χ0) is 27.4. The van der Waals surface area contributed by atoms with Gasteiger partial charge in [-0.1, -0.05) is 6.07 Å². The van der Waals surface area contributed by atoms with Crippen LogP contribution in [0.2, 0.25) is 0 Å². The third-order valence-electron chi connectivity index (χ3n) is 10.1. The zero-order valence-corrected chi connectivity index (χ0v) is 23.3. The van der Waals surface area contributed by atoms with Crippen LogP contribution in [-0.4, -0.2) is 39.6 Å². The Labute approximate surface area is 237 Å². The SMILES string of the molecule is O=C(CCCC12CC3CC1CC3C2)NCc1nc(COc2cccc3c2CN(C2CCC(=O)NC2=O)C3=O)cs1. The van der Waals surface area contributed by atoms with E-state index in [-0.39, 0.29) is 37.3 Å². The summed E-state index contributed by atoms with van der Waals surface area (Å²) in [4.78, 5) is 55.5. The number of nitrogens with zero attached hydrogens (tertiary/aromatic N) is 2. The zero-order valence-electron chi connectivity index (χ0n) is 22.4. The summed E-state index contributed by atoms with van der Waals surface area (Å²) in [6.07, 6.45) is 9.01. The smallest absolute Gasteiger partial charge is 0.255 e. The maximum Gasteiger partial charge on any atom is 0.255 e. The molecule has 1 aromatic carbocycles. The Balaban J connectivity index is 0.890. The molecule has 4 amide bonds. The molecule has 3 unspecified atom stereocenters. The molecule has 0 radical (unpaired) electrons. The van der Waals surface area contributed by atoms with Crippen molar-refractivity contribution in [2.24, 2.45) is 23.2 Å². The Hall–Kier alpha value is -3.27. The fourth-order valence-electron chi connectivity index (χ4n) is 8.29. The third-order valence-corrected chi connectivity index (χ3v) is 11.0. The van der Waals surface area contributed by atoms with Crippen LogP contribution in [0.5, 0.6) is 5.75 Å². The summed E-state index contributed by atoms with van der Waals surface area (Å²) in [5.74, 6) is 2.61. The van der Waals surface area contributed by atoms with Gasteiger partial charge >= 0.3 is 0 Å². The van der Waals surface area contributed by atoms with Gasteiger partial charge in [-0.25, -0.2) is 4.98 Å². The van der Waals surface area contributed by atoms with Crippen LogP contribution in [0.1, 0.15) is 84.4 Å². The van der Waals surface area contributed by atoms with Crippen molar-refractivity contribution >= 4 is 35.0 Å². The van der Waals surface area contributed by atoms with Crippen molar-refractivity contribution < 1.29 is 23.9 Å². The largest absolute Gasteiger partial charge is 0.487 e. The van der Waals surface area contributed by atoms with Crippen LogP contribution in [0.3, 0.4) is 0 Å². The fraction of sp³-hybridized carbons (Fsp3) is 0.567. The molecule has 3 atom stereocenters. The maximum absolute atomic E-state index is 13.0. The molecule has 4 aliphatic carbocycles. The second-order valence-corrected chi connectivity index (χ2v) is 13.2. The van der Waals surface area contributed by atoms with Crippen LogP contribution < -0.4 is 15.4 Å². The molecule has 1 aromatic heterocycles. The number of carbonyl (C=O) groups is 4. The maximum atomic E-state index is 13.0. The number of hydrogen-bond acceptors (Lipinski definition) is 7. The minimum absolute atomic E-state index is 0.0920. The number of hydrogen-bond donors (Lipinski definition) is 2. The first-order valence-corrected chi connectivity index (χ1v) is 15.4. The fourth-order valence-corrected chi connectivity index (χ4v) is 9.00. The van der Waals surface area contributed by atoms with Crippen LogP contribution in [0, 0.1) is 23.2 Å². The van der Waals surface area contributed by atoms with Gasteiger partial charge < -0.3 is 15.0 Å². The summed E-state index contributed by atoms with van der Waals surface area (Å²) in [5, 5.41) is 8.11. The number of carbonyl (C=O) groups excluding carboxylic acids is 4. The number of rotatable bonds is 10. The van der Waals surface area contributed by atoms with E-state index in [9.17, 15) is 19.2 Å². The van der Waals surface area contributed by atoms with Crippen molar-refractivity contribution in [2.45, 2.75) is 83.5 Å². The van der Waals surface area contributed by atoms with E-state index in [2.05, 4.69) is 15.6 Å². The predicted molar refractivity (Wildman–Crippen MR) is 146 cm³/mol. The van der Waals surface area contributed by atoms with E-state index in [1.54, 1.807) is 12.1 Å². The lowest BCUT2D eigenvalue weighted by Crippen LogP contribution is -2.52. The second kappa shape index (κ2) is 9.98. The summed E-state index contributed by atoms with van der Waals surface area (Å²) in [7, 11) is 0. The third kappa shape index (κ3) is 4.50. The van der Waals surface area contributed by atoms with E-state index >= 15 is 0 Å². The average Bonchev–Trinajstić information content (AvgIpc) is 3.76. The molecule has 3 heterocycles. The molecule has 6 aliphatic rings. The number of fused-ring (bicyclic) bond motifs is 1. The first-order chi connectivity index (χ1) is 19.4. The van der Waals surface area contributed by atoms with Crippen molar-refractivity contribution in [1.29, 1.82) is 0 Å². The minimum atomic E-state index is -0.662. The highest BCUT2D eigenvalue weighted by Crippen LogP contribution is 2.71. The van der Waals surface area contributed by atoms with Gasteiger partial charge in [-0.15, -0.1) is 11.3 Å². The molecule has 2 N–H and O–H groups in total. The monoisotopic (exact) mass is 562 g/mol. The van der Waals surface area contributed by atoms with E-state index < -0.39 is 11.9 Å². The van der Waals surface area contributed by atoms with Gasteiger partial charge in [0.05, 0.1) is 18.8 Å². The molecule has 4 saturated carbocycles. The summed E-state index contributed by atoms with van der Waals surface area (Å²) < 4.78 is 6.06. The highest BCUT2D eigenvalue weighted by atomic mass is 32.1. The van der Waals surface area contributed by atoms with E-state index in [0.717, 1.165) is 40.4 Å². The molecule has 4 bridgehead atoms. The van der Waals surface area contributed by atoms with Gasteiger partial charge in [-0.3, -0.25) is 24.5 Å². The Kier molecular flexibility index (Phi) is 6.40. The molecule has 0 spiro atoms. The summed E-state index contributed by atoms with van der Waals surface area (Å²) in [6.45, 7) is 0.907. The standard InChI is InChI=1S/C30H34N4O5S/c35-25(5-2-8-30-11-17-9-19(30)10-18(17)12-30)31-13-27-32-20(16-40-27)15-39-24-4-1-3-21-22(24)14-34(29(21)38)23-6-7-26(36)33-28(23)37/h1,3-4,16-19,23H,2,5-15H2,(H,31,35)(H,33,36,37). The van der Waals surface area contributed by atoms with E-state index in [4.69, 9.17) is 4.74 Å². The minimum Gasteiger partial charge on any atom is -0.487 e. The molecule has 40 heavy (non-hydrogen) atoms.